The molecule has 0 aromatic heterocycles. The molecule has 0 fully saturated rings. The number of methoxy groups -OCH3 is 2. The molecule has 0 N–H and O–H groups in total. The topological polar surface area (TPSA) is 18.5 Å². The molecule has 12 heavy (non-hydrogen) atoms. The zero-order valence-electron chi connectivity index (χ0n) is 7.46. The van der Waals surface area contributed by atoms with Gasteiger partial charge in [0.25, 0.3) is 0 Å². The molecule has 1 rings (SSSR count). The van der Waals surface area contributed by atoms with Crippen molar-refractivity contribution < 1.29 is 29.0 Å². The monoisotopic (exact) mass is 215 g/mol. The summed E-state index contributed by atoms with van der Waals surface area (Å²) in [4.78, 5) is 0. The summed E-state index contributed by atoms with van der Waals surface area (Å²) in [5.74, 6) is 1.58. The molecule has 0 atom stereocenters. The van der Waals surface area contributed by atoms with Crippen molar-refractivity contribution in [2.45, 2.75) is 0 Å². The van der Waals surface area contributed by atoms with Crippen molar-refractivity contribution in [2.75, 3.05) is 14.2 Å². The van der Waals surface area contributed by atoms with E-state index in [0.29, 0.717) is 0 Å². The van der Waals surface area contributed by atoms with Crippen LogP contribution in [0.5, 0.6) is 11.5 Å². The number of hydrogen-bond donors (Lipinski definition) is 0. The summed E-state index contributed by atoms with van der Waals surface area (Å²) >= 11 is 0. The fourth-order valence-corrected chi connectivity index (χ4v) is 0.882. The first kappa shape index (κ1) is 11.3. The Morgan fingerprint density at radius 3 is 2.25 bits per heavy atom. The van der Waals surface area contributed by atoms with Gasteiger partial charge in [-0.3, -0.25) is 0 Å². The van der Waals surface area contributed by atoms with Crippen LogP contribution in [0.3, 0.4) is 0 Å². The maximum absolute atomic E-state index is 5.03. The molecule has 3 heteroatoms. The van der Waals surface area contributed by atoms with E-state index in [0.717, 1.165) is 17.1 Å². The third kappa shape index (κ3) is 2.42. The van der Waals surface area contributed by atoms with Gasteiger partial charge in [0.15, 0.2) is 0 Å². The van der Waals surface area contributed by atoms with Gasteiger partial charge in [-0.05, 0) is 6.07 Å². The number of rotatable bonds is 2. The molecule has 0 amide bonds. The third-order valence-electron chi connectivity index (χ3n) is 1.49. The Morgan fingerprint density at radius 1 is 1.17 bits per heavy atom. The van der Waals surface area contributed by atoms with Crippen LogP contribution in [0.25, 0.3) is 0 Å². The Hall–Kier alpha value is -0.687. The van der Waals surface area contributed by atoms with Crippen molar-refractivity contribution >= 4 is 0 Å². The smallest absolute Gasteiger partial charge is 0.554 e. The molecule has 0 radical (unpaired) electrons. The van der Waals surface area contributed by atoms with Gasteiger partial charge in [0.1, 0.15) is 0 Å². The molecule has 0 unspecified atom stereocenters. The van der Waals surface area contributed by atoms with E-state index in [-0.39, 0.29) is 19.5 Å². The van der Waals surface area contributed by atoms with E-state index >= 15 is 0 Å². The Balaban J connectivity index is 0.00000121. The maximum Gasteiger partial charge on any atom is 2.00 e. The van der Waals surface area contributed by atoms with E-state index < -0.39 is 0 Å². The first-order valence-corrected chi connectivity index (χ1v) is 3.32. The molecule has 1 aromatic carbocycles. The van der Waals surface area contributed by atoms with Gasteiger partial charge in [-0.2, -0.15) is 12.5 Å². The van der Waals surface area contributed by atoms with Crippen molar-refractivity contribution in [3.05, 3.63) is 30.7 Å². The molecule has 60 valence electrons. The fraction of sp³-hybridized carbons (Fsp3) is 0.222. The van der Waals surface area contributed by atoms with Gasteiger partial charge >= 0.3 is 19.5 Å². The second-order valence-electron chi connectivity index (χ2n) is 2.18. The SMILES string of the molecule is [CH2-]c1cc(OC)ccc1OC.[Zn+2]. The van der Waals surface area contributed by atoms with Crippen molar-refractivity contribution in [1.82, 2.24) is 0 Å². The van der Waals surface area contributed by atoms with E-state index in [1.165, 1.54) is 0 Å². The van der Waals surface area contributed by atoms with Gasteiger partial charge in [-0.25, -0.2) is 0 Å². The first-order valence-electron chi connectivity index (χ1n) is 3.32. The average molecular weight is 217 g/mol. The average Bonchev–Trinajstić information content (AvgIpc) is 2.04. The van der Waals surface area contributed by atoms with Crippen LogP contribution in [0.15, 0.2) is 18.2 Å². The van der Waals surface area contributed by atoms with Crippen molar-refractivity contribution in [1.29, 1.82) is 0 Å². The standard InChI is InChI=1S/C9H11O2.Zn/c1-7-6-8(10-2)4-5-9(7)11-3;/h4-6H,1H2,2-3H3;/q-1;+2. The van der Waals surface area contributed by atoms with Gasteiger partial charge in [0.2, 0.25) is 0 Å². The van der Waals surface area contributed by atoms with Crippen LogP contribution in [0.1, 0.15) is 5.56 Å². The molecular formula is C9H11O2Zn+. The minimum absolute atomic E-state index is 0. The van der Waals surface area contributed by atoms with Gasteiger partial charge < -0.3 is 9.47 Å². The molecule has 0 heterocycles. The predicted molar refractivity (Wildman–Crippen MR) is 44.0 cm³/mol. The molecule has 0 saturated carbocycles. The largest absolute Gasteiger partial charge is 2.00 e. The Kier molecular flexibility index (Phi) is 4.76. The molecule has 0 saturated heterocycles. The summed E-state index contributed by atoms with van der Waals surface area (Å²) in [6.45, 7) is 3.79. The van der Waals surface area contributed by atoms with E-state index in [1.807, 2.05) is 18.2 Å². The molecule has 0 bridgehead atoms. The van der Waals surface area contributed by atoms with Crippen molar-refractivity contribution in [3.63, 3.8) is 0 Å². The van der Waals surface area contributed by atoms with Crippen LogP contribution in [0.2, 0.25) is 0 Å². The second kappa shape index (κ2) is 5.05. The third-order valence-corrected chi connectivity index (χ3v) is 1.49. The molecule has 0 spiro atoms. The minimum atomic E-state index is 0. The van der Waals surface area contributed by atoms with Crippen molar-refractivity contribution in [2.24, 2.45) is 0 Å². The number of hydrogen-bond acceptors (Lipinski definition) is 2. The predicted octanol–water partition coefficient (Wildman–Crippen LogP) is 1.88. The first-order chi connectivity index (χ1) is 5.27. The van der Waals surface area contributed by atoms with Crippen LogP contribution >= 0.6 is 0 Å². The summed E-state index contributed by atoms with van der Waals surface area (Å²) in [5.41, 5.74) is 0.840. The maximum atomic E-state index is 5.03. The van der Waals surface area contributed by atoms with Crippen LogP contribution in [0, 0.1) is 6.92 Å². The normalized spacial score (nSPS) is 8.50. The van der Waals surface area contributed by atoms with Crippen LogP contribution in [-0.4, -0.2) is 14.2 Å². The summed E-state index contributed by atoms with van der Waals surface area (Å²) in [6.07, 6.45) is 0. The molecule has 0 aliphatic rings. The van der Waals surface area contributed by atoms with Crippen LogP contribution in [-0.2, 0) is 19.5 Å². The Labute approximate surface area is 85.6 Å². The summed E-state index contributed by atoms with van der Waals surface area (Å²) in [5, 5.41) is 0. The van der Waals surface area contributed by atoms with Gasteiger partial charge in [-0.15, -0.1) is 6.07 Å². The second-order valence-corrected chi connectivity index (χ2v) is 2.18. The van der Waals surface area contributed by atoms with E-state index in [4.69, 9.17) is 9.47 Å². The van der Waals surface area contributed by atoms with E-state index in [2.05, 4.69) is 6.92 Å². The number of ether oxygens (including phenoxy) is 2. The van der Waals surface area contributed by atoms with E-state index in [9.17, 15) is 0 Å². The Morgan fingerprint density at radius 2 is 1.83 bits per heavy atom. The van der Waals surface area contributed by atoms with Crippen molar-refractivity contribution in [3.8, 4) is 11.5 Å². The van der Waals surface area contributed by atoms with Gasteiger partial charge in [0, 0.05) is 5.75 Å². The summed E-state index contributed by atoms with van der Waals surface area (Å²) in [6, 6.07) is 5.51. The zero-order chi connectivity index (χ0) is 8.27. The van der Waals surface area contributed by atoms with Crippen LogP contribution in [0.4, 0.5) is 0 Å². The zero-order valence-corrected chi connectivity index (χ0v) is 10.4. The molecule has 0 aliphatic heterocycles. The molecule has 1 aromatic rings. The summed E-state index contributed by atoms with van der Waals surface area (Å²) in [7, 11) is 3.25. The Bertz CT molecular complexity index is 248. The quantitative estimate of drug-likeness (QED) is 0.555. The number of benzene rings is 1. The van der Waals surface area contributed by atoms with Crippen LogP contribution < -0.4 is 9.47 Å². The summed E-state index contributed by atoms with van der Waals surface area (Å²) < 4.78 is 10.0. The van der Waals surface area contributed by atoms with E-state index in [1.54, 1.807) is 14.2 Å². The fourth-order valence-electron chi connectivity index (χ4n) is 0.882. The van der Waals surface area contributed by atoms with Gasteiger partial charge in [-0.1, -0.05) is 6.07 Å². The minimum Gasteiger partial charge on any atom is -0.554 e. The molecule has 2 nitrogen and oxygen atoms in total. The molecular weight excluding hydrogens is 205 g/mol. The molecule has 0 aliphatic carbocycles. The van der Waals surface area contributed by atoms with Gasteiger partial charge in [0.05, 0.1) is 20.0 Å².